The van der Waals surface area contributed by atoms with Gasteiger partial charge in [0.2, 0.25) is 0 Å². The van der Waals surface area contributed by atoms with Crippen LogP contribution in [0.1, 0.15) is 119 Å². The largest absolute Gasteiger partial charge is 0.481 e. The lowest BCUT2D eigenvalue weighted by Gasteiger charge is -2.53. The highest BCUT2D eigenvalue weighted by Crippen LogP contribution is 2.46. The van der Waals surface area contributed by atoms with Crippen LogP contribution in [-0.2, 0) is 38.2 Å². The number of hydrogen-bond donors (Lipinski definition) is 4. The number of nitrogens with zero attached hydrogens (tertiary/aromatic N) is 2. The van der Waals surface area contributed by atoms with Crippen molar-refractivity contribution in [3.8, 4) is 0 Å². The molecular formula is C35H58N2O12. The Morgan fingerprint density at radius 2 is 1.27 bits per heavy atom. The van der Waals surface area contributed by atoms with Gasteiger partial charge in [0.25, 0.3) is 0 Å². The van der Waals surface area contributed by atoms with E-state index in [0.29, 0.717) is 38.8 Å². The van der Waals surface area contributed by atoms with Gasteiger partial charge in [-0.05, 0) is 105 Å². The summed E-state index contributed by atoms with van der Waals surface area (Å²) in [6, 6.07) is -0.0583. The Kier molecular flexibility index (Phi) is 15.5. The fourth-order valence-electron chi connectivity index (χ4n) is 7.45. The summed E-state index contributed by atoms with van der Waals surface area (Å²) in [6.45, 7) is 11.3. The molecule has 0 aliphatic carbocycles. The smallest absolute Gasteiger partial charge is 0.328 e. The van der Waals surface area contributed by atoms with Crippen molar-refractivity contribution in [1.82, 2.24) is 9.80 Å². The lowest BCUT2D eigenvalue weighted by atomic mass is 9.66. The van der Waals surface area contributed by atoms with Gasteiger partial charge in [0, 0.05) is 32.0 Å². The van der Waals surface area contributed by atoms with Gasteiger partial charge in [-0.1, -0.05) is 12.8 Å². The summed E-state index contributed by atoms with van der Waals surface area (Å²) in [5.74, 6) is -6.77. The molecule has 2 rings (SSSR count). The van der Waals surface area contributed by atoms with Crippen LogP contribution < -0.4 is 0 Å². The van der Waals surface area contributed by atoms with E-state index in [1.165, 1.54) is 0 Å². The third-order valence-corrected chi connectivity index (χ3v) is 9.49. The molecule has 2 aliphatic rings. The molecule has 0 aromatic rings. The van der Waals surface area contributed by atoms with Crippen LogP contribution in [-0.4, -0.2) is 115 Å². The molecule has 0 saturated carbocycles. The van der Waals surface area contributed by atoms with Crippen LogP contribution >= 0.6 is 0 Å². The van der Waals surface area contributed by atoms with E-state index in [-0.39, 0.29) is 50.7 Å². The molecule has 2 aliphatic heterocycles. The summed E-state index contributed by atoms with van der Waals surface area (Å²) in [5, 5.41) is 37.8. The van der Waals surface area contributed by atoms with Crippen LogP contribution in [0.2, 0.25) is 0 Å². The normalized spacial score (nSPS) is 25.3. The van der Waals surface area contributed by atoms with Crippen molar-refractivity contribution in [2.75, 3.05) is 26.2 Å². The minimum absolute atomic E-state index is 0.0118. The van der Waals surface area contributed by atoms with Crippen molar-refractivity contribution in [3.05, 3.63) is 0 Å². The van der Waals surface area contributed by atoms with Gasteiger partial charge < -0.3 is 29.9 Å². The van der Waals surface area contributed by atoms with E-state index in [9.17, 15) is 49.2 Å². The number of ether oxygens (including phenoxy) is 2. The van der Waals surface area contributed by atoms with Crippen molar-refractivity contribution in [3.63, 3.8) is 0 Å². The first kappa shape index (κ1) is 41.9. The predicted molar refractivity (Wildman–Crippen MR) is 178 cm³/mol. The maximum absolute atomic E-state index is 14.3. The number of rotatable bonds is 18. The fourth-order valence-corrected chi connectivity index (χ4v) is 7.45. The minimum Gasteiger partial charge on any atom is -0.481 e. The predicted octanol–water partition coefficient (Wildman–Crippen LogP) is 4.28. The van der Waals surface area contributed by atoms with Crippen molar-refractivity contribution >= 4 is 35.8 Å². The van der Waals surface area contributed by atoms with E-state index >= 15 is 0 Å². The second kappa shape index (κ2) is 18.1. The molecule has 280 valence electrons. The van der Waals surface area contributed by atoms with Crippen molar-refractivity contribution in [2.45, 2.75) is 141 Å². The quantitative estimate of drug-likeness (QED) is 0.147. The summed E-state index contributed by atoms with van der Waals surface area (Å²) in [5.41, 5.74) is -3.67. The Hall–Kier alpha value is -3.26. The van der Waals surface area contributed by atoms with Crippen LogP contribution in [0.4, 0.5) is 0 Å². The van der Waals surface area contributed by atoms with Crippen LogP contribution in [0.3, 0.4) is 0 Å². The summed E-state index contributed by atoms with van der Waals surface area (Å²) in [4.78, 5) is 78.4. The number of aliphatic carboxylic acids is 4. The fraction of sp³-hybridized carbons (Fsp3) is 0.829. The first-order chi connectivity index (χ1) is 22.6. The zero-order chi connectivity index (χ0) is 37.2. The highest BCUT2D eigenvalue weighted by atomic mass is 16.6. The number of carboxylic acids is 4. The monoisotopic (exact) mass is 698 g/mol. The van der Waals surface area contributed by atoms with E-state index in [0.717, 1.165) is 19.3 Å². The molecule has 14 heteroatoms. The Labute approximate surface area is 289 Å². The first-order valence-electron chi connectivity index (χ1n) is 17.5. The summed E-state index contributed by atoms with van der Waals surface area (Å²) < 4.78 is 11.8. The second-order valence-electron chi connectivity index (χ2n) is 15.6. The maximum atomic E-state index is 14.3. The standard InChI is InChI=1S/C35H58N2O12/c1-33(2,3)48-31(46)30-24(9-7-8-23-13-18-36(19-15-28(42)43)25(22-23)10-11-26(38)39)14-20-37(21-16-29(44)45)35(30,17-12-27(40)41)32(47)49-34(4,5)6/h23-25,30H,7-22H2,1-6H3,(H,38,39)(H,40,41)(H,42,43)(H,44,45). The molecule has 4 N–H and O–H groups in total. The molecule has 14 nitrogen and oxygen atoms in total. The zero-order valence-corrected chi connectivity index (χ0v) is 30.1. The minimum atomic E-state index is -1.77. The Balaban J connectivity index is 2.43. The molecule has 0 spiro atoms. The number of hydrogen-bond acceptors (Lipinski definition) is 10. The number of piperidine rings is 2. The van der Waals surface area contributed by atoms with Crippen LogP contribution in [0, 0.1) is 17.8 Å². The summed E-state index contributed by atoms with van der Waals surface area (Å²) >= 11 is 0. The Morgan fingerprint density at radius 3 is 1.82 bits per heavy atom. The van der Waals surface area contributed by atoms with Gasteiger partial charge in [0.15, 0.2) is 0 Å². The number of likely N-dealkylation sites (tertiary alicyclic amines) is 2. The topological polar surface area (TPSA) is 208 Å². The van der Waals surface area contributed by atoms with E-state index in [4.69, 9.17) is 9.47 Å². The molecule has 0 bridgehead atoms. The molecule has 49 heavy (non-hydrogen) atoms. The van der Waals surface area contributed by atoms with Crippen LogP contribution in [0.25, 0.3) is 0 Å². The number of carboxylic acid groups (broad SMARTS) is 4. The Bertz CT molecular complexity index is 1180. The summed E-state index contributed by atoms with van der Waals surface area (Å²) in [6.07, 6.45) is 3.30. The Morgan fingerprint density at radius 1 is 0.694 bits per heavy atom. The van der Waals surface area contributed by atoms with E-state index in [2.05, 4.69) is 4.90 Å². The molecular weight excluding hydrogens is 640 g/mol. The molecule has 2 fully saturated rings. The number of carbonyl (C=O) groups excluding carboxylic acids is 2. The van der Waals surface area contributed by atoms with Gasteiger partial charge in [-0.3, -0.25) is 33.8 Å². The molecule has 2 heterocycles. The number of carbonyl (C=O) groups is 6. The van der Waals surface area contributed by atoms with Crippen LogP contribution in [0.5, 0.6) is 0 Å². The number of esters is 2. The lowest BCUT2D eigenvalue weighted by Crippen LogP contribution is -2.68. The van der Waals surface area contributed by atoms with Gasteiger partial charge in [0.05, 0.1) is 18.8 Å². The highest BCUT2D eigenvalue weighted by Gasteiger charge is 2.60. The van der Waals surface area contributed by atoms with E-state index in [1.807, 2.05) is 0 Å². The highest BCUT2D eigenvalue weighted by molar-refractivity contribution is 5.90. The first-order valence-corrected chi connectivity index (χ1v) is 17.5. The van der Waals surface area contributed by atoms with E-state index in [1.54, 1.807) is 46.4 Å². The molecule has 5 unspecified atom stereocenters. The molecule has 5 atom stereocenters. The van der Waals surface area contributed by atoms with Crippen molar-refractivity contribution in [1.29, 1.82) is 0 Å². The van der Waals surface area contributed by atoms with Gasteiger partial charge in [-0.25, -0.2) is 4.79 Å². The van der Waals surface area contributed by atoms with Gasteiger partial charge >= 0.3 is 35.8 Å². The van der Waals surface area contributed by atoms with E-state index < -0.39 is 70.8 Å². The third kappa shape index (κ3) is 13.5. The molecule has 0 aromatic heterocycles. The van der Waals surface area contributed by atoms with Gasteiger partial charge in [0.1, 0.15) is 16.7 Å². The summed E-state index contributed by atoms with van der Waals surface area (Å²) in [7, 11) is 0. The molecule has 0 aromatic carbocycles. The molecule has 0 radical (unpaired) electrons. The zero-order valence-electron chi connectivity index (χ0n) is 30.1. The average molecular weight is 699 g/mol. The average Bonchev–Trinajstić information content (AvgIpc) is 2.95. The molecule has 0 amide bonds. The lowest BCUT2D eigenvalue weighted by molar-refractivity contribution is -0.196. The maximum Gasteiger partial charge on any atom is 0.328 e. The second-order valence-corrected chi connectivity index (χ2v) is 15.6. The third-order valence-electron chi connectivity index (χ3n) is 9.49. The van der Waals surface area contributed by atoms with Crippen LogP contribution in [0.15, 0.2) is 0 Å². The van der Waals surface area contributed by atoms with Crippen molar-refractivity contribution < 1.29 is 58.7 Å². The molecule has 2 saturated heterocycles. The SMILES string of the molecule is CC(C)(C)OC(=O)C1C(CCCC2CCN(CCC(=O)O)C(CCC(=O)O)C2)CCN(CCC(=O)O)C1(CCC(=O)O)C(=O)OC(C)(C)C. The van der Waals surface area contributed by atoms with Crippen molar-refractivity contribution in [2.24, 2.45) is 17.8 Å². The van der Waals surface area contributed by atoms with Gasteiger partial charge in [-0.2, -0.15) is 0 Å². The van der Waals surface area contributed by atoms with Gasteiger partial charge in [-0.15, -0.1) is 0 Å².